The van der Waals surface area contributed by atoms with Gasteiger partial charge in [-0.25, -0.2) is 0 Å². The van der Waals surface area contributed by atoms with Gasteiger partial charge < -0.3 is 10.2 Å². The third-order valence-electron chi connectivity index (χ3n) is 1.90. The molecule has 1 heterocycles. The molecule has 0 fully saturated rings. The van der Waals surface area contributed by atoms with E-state index in [9.17, 15) is 4.79 Å². The van der Waals surface area contributed by atoms with Gasteiger partial charge in [0, 0.05) is 12.6 Å². The van der Waals surface area contributed by atoms with Gasteiger partial charge in [0.15, 0.2) is 11.0 Å². The van der Waals surface area contributed by atoms with Gasteiger partial charge in [0.25, 0.3) is 0 Å². The van der Waals surface area contributed by atoms with E-state index in [0.29, 0.717) is 17.5 Å². The normalized spacial score (nSPS) is 10.6. The lowest BCUT2D eigenvalue weighted by molar-refractivity contribution is -0.120. The van der Waals surface area contributed by atoms with Gasteiger partial charge in [0.05, 0.1) is 18.3 Å². The van der Waals surface area contributed by atoms with Crippen LogP contribution in [0.1, 0.15) is 20.8 Å². The Bertz CT molecular complexity index is 355. The van der Waals surface area contributed by atoms with Gasteiger partial charge in [0.2, 0.25) is 5.91 Å². The lowest BCUT2D eigenvalue weighted by Crippen LogP contribution is -2.40. The van der Waals surface area contributed by atoms with Gasteiger partial charge in [-0.05, 0) is 20.8 Å². The summed E-state index contributed by atoms with van der Waals surface area (Å²) in [5.74, 6) is 0.536. The van der Waals surface area contributed by atoms with Crippen molar-refractivity contribution in [2.45, 2.75) is 26.8 Å². The number of hydrogen-bond acceptors (Lipinski definition) is 5. The van der Waals surface area contributed by atoms with Gasteiger partial charge in [-0.2, -0.15) is 8.75 Å². The third kappa shape index (κ3) is 3.61. The molecule has 7 heteroatoms. The summed E-state index contributed by atoms with van der Waals surface area (Å²) in [6.07, 6.45) is 0. The molecule has 5 nitrogen and oxygen atoms in total. The molecule has 1 N–H and O–H groups in total. The zero-order valence-corrected chi connectivity index (χ0v) is 11.1. The maximum Gasteiger partial charge on any atom is 0.239 e. The van der Waals surface area contributed by atoms with Crippen LogP contribution in [-0.4, -0.2) is 33.8 Å². The van der Waals surface area contributed by atoms with Crippen LogP contribution in [0.15, 0.2) is 0 Å². The first-order valence-corrected chi connectivity index (χ1v) is 6.17. The Morgan fingerprint density at radius 2 is 2.25 bits per heavy atom. The Balaban J connectivity index is 2.63. The topological polar surface area (TPSA) is 58.1 Å². The van der Waals surface area contributed by atoms with Crippen LogP contribution in [0, 0.1) is 0 Å². The van der Waals surface area contributed by atoms with E-state index in [1.807, 2.05) is 20.8 Å². The number of hydrogen-bond donors (Lipinski definition) is 1. The number of anilines is 1. The third-order valence-corrected chi connectivity index (χ3v) is 2.77. The average molecular weight is 263 g/mol. The lowest BCUT2D eigenvalue weighted by atomic mass is 10.3. The lowest BCUT2D eigenvalue weighted by Gasteiger charge is -2.20. The Kier molecular flexibility index (Phi) is 4.95. The van der Waals surface area contributed by atoms with E-state index in [1.54, 1.807) is 4.90 Å². The van der Waals surface area contributed by atoms with Crippen LogP contribution in [0.3, 0.4) is 0 Å². The maximum absolute atomic E-state index is 11.6. The number of halogens is 1. The highest BCUT2D eigenvalue weighted by Gasteiger charge is 2.16. The van der Waals surface area contributed by atoms with Crippen LogP contribution in [-0.2, 0) is 4.79 Å². The van der Waals surface area contributed by atoms with Gasteiger partial charge in [-0.15, -0.1) is 0 Å². The standard InChI is InChI=1S/C9H15ClN4OS/c1-4-14(5-7(15)11-6(2)3)9-8(10)12-16-13-9/h6H,4-5H2,1-3H3,(H,11,15). The van der Waals surface area contributed by atoms with Crippen molar-refractivity contribution < 1.29 is 4.79 Å². The summed E-state index contributed by atoms with van der Waals surface area (Å²) >= 11 is 6.91. The number of likely N-dealkylation sites (N-methyl/N-ethyl adjacent to an activating group) is 1. The summed E-state index contributed by atoms with van der Waals surface area (Å²) in [6.45, 7) is 6.70. The Morgan fingerprint density at radius 3 is 2.69 bits per heavy atom. The molecule has 90 valence electrons. The predicted molar refractivity (Wildman–Crippen MR) is 66.1 cm³/mol. The second-order valence-corrected chi connectivity index (χ2v) is 4.50. The van der Waals surface area contributed by atoms with E-state index in [4.69, 9.17) is 11.6 Å². The van der Waals surface area contributed by atoms with Crippen LogP contribution in [0.25, 0.3) is 0 Å². The van der Waals surface area contributed by atoms with Crippen molar-refractivity contribution in [2.75, 3.05) is 18.0 Å². The quantitative estimate of drug-likeness (QED) is 0.875. The molecule has 1 rings (SSSR count). The minimum absolute atomic E-state index is 0.0408. The zero-order chi connectivity index (χ0) is 12.1. The van der Waals surface area contributed by atoms with Crippen molar-refractivity contribution in [1.82, 2.24) is 14.1 Å². The highest BCUT2D eigenvalue weighted by Crippen LogP contribution is 2.22. The van der Waals surface area contributed by atoms with E-state index >= 15 is 0 Å². The number of rotatable bonds is 5. The summed E-state index contributed by atoms with van der Waals surface area (Å²) < 4.78 is 7.94. The molecule has 0 radical (unpaired) electrons. The fourth-order valence-electron chi connectivity index (χ4n) is 1.24. The molecular weight excluding hydrogens is 248 g/mol. The zero-order valence-electron chi connectivity index (χ0n) is 9.53. The molecular formula is C9H15ClN4OS. The predicted octanol–water partition coefficient (Wildman–Crippen LogP) is 1.54. The first-order chi connectivity index (χ1) is 7.54. The first-order valence-electron chi connectivity index (χ1n) is 5.07. The minimum atomic E-state index is -0.0408. The second kappa shape index (κ2) is 6.00. The summed E-state index contributed by atoms with van der Waals surface area (Å²) in [4.78, 5) is 13.4. The van der Waals surface area contributed by atoms with Gasteiger partial charge in [-0.1, -0.05) is 11.6 Å². The fourth-order valence-corrected chi connectivity index (χ4v) is 2.02. The summed E-state index contributed by atoms with van der Waals surface area (Å²) in [5, 5.41) is 3.17. The molecule has 1 aromatic rings. The Hall–Kier alpha value is -0.880. The fraction of sp³-hybridized carbons (Fsp3) is 0.667. The number of amides is 1. The molecule has 0 aliphatic carbocycles. The smallest absolute Gasteiger partial charge is 0.239 e. The Labute approximate surface area is 104 Å². The van der Waals surface area contributed by atoms with E-state index in [1.165, 1.54) is 0 Å². The molecule has 0 bridgehead atoms. The van der Waals surface area contributed by atoms with Crippen molar-refractivity contribution in [2.24, 2.45) is 0 Å². The van der Waals surface area contributed by atoms with E-state index in [0.717, 1.165) is 11.7 Å². The molecule has 0 aromatic carbocycles. The number of nitrogens with zero attached hydrogens (tertiary/aromatic N) is 3. The average Bonchev–Trinajstić information content (AvgIpc) is 2.60. The number of nitrogens with one attached hydrogen (secondary N) is 1. The molecule has 0 atom stereocenters. The Morgan fingerprint density at radius 1 is 1.56 bits per heavy atom. The van der Waals surface area contributed by atoms with Gasteiger partial charge >= 0.3 is 0 Å². The summed E-state index contributed by atoms with van der Waals surface area (Å²) in [6, 6.07) is 0.134. The van der Waals surface area contributed by atoms with E-state index < -0.39 is 0 Å². The van der Waals surface area contributed by atoms with Crippen LogP contribution in [0.2, 0.25) is 5.15 Å². The monoisotopic (exact) mass is 262 g/mol. The van der Waals surface area contributed by atoms with Gasteiger partial charge in [-0.3, -0.25) is 4.79 Å². The summed E-state index contributed by atoms with van der Waals surface area (Å²) in [5.41, 5.74) is 0. The van der Waals surface area contributed by atoms with Crippen LogP contribution in [0.5, 0.6) is 0 Å². The molecule has 16 heavy (non-hydrogen) atoms. The molecule has 0 unspecified atom stereocenters. The molecule has 0 spiro atoms. The van der Waals surface area contributed by atoms with E-state index in [2.05, 4.69) is 14.1 Å². The SMILES string of the molecule is CCN(CC(=O)NC(C)C)c1nsnc1Cl. The largest absolute Gasteiger partial charge is 0.352 e. The van der Waals surface area contributed by atoms with Crippen molar-refractivity contribution >= 4 is 35.1 Å². The number of aromatic nitrogens is 2. The molecule has 1 amide bonds. The molecule has 0 saturated heterocycles. The highest BCUT2D eigenvalue weighted by atomic mass is 35.5. The minimum Gasteiger partial charge on any atom is -0.352 e. The highest BCUT2D eigenvalue weighted by molar-refractivity contribution is 6.99. The molecule has 0 aliphatic rings. The number of carbonyl (C=O) groups is 1. The molecule has 0 aliphatic heterocycles. The van der Waals surface area contributed by atoms with Crippen molar-refractivity contribution in [3.63, 3.8) is 0 Å². The van der Waals surface area contributed by atoms with Crippen LogP contribution < -0.4 is 10.2 Å². The molecule has 0 saturated carbocycles. The van der Waals surface area contributed by atoms with Gasteiger partial charge in [0.1, 0.15) is 0 Å². The summed E-state index contributed by atoms with van der Waals surface area (Å²) in [7, 11) is 0. The van der Waals surface area contributed by atoms with Crippen LogP contribution >= 0.6 is 23.3 Å². The van der Waals surface area contributed by atoms with Crippen molar-refractivity contribution in [3.05, 3.63) is 5.15 Å². The molecule has 1 aromatic heterocycles. The first kappa shape index (κ1) is 13.2. The number of carbonyl (C=O) groups excluding carboxylic acids is 1. The van der Waals surface area contributed by atoms with E-state index in [-0.39, 0.29) is 18.5 Å². The second-order valence-electron chi connectivity index (χ2n) is 3.62. The van der Waals surface area contributed by atoms with Crippen molar-refractivity contribution in [3.8, 4) is 0 Å². The maximum atomic E-state index is 11.6. The van der Waals surface area contributed by atoms with Crippen molar-refractivity contribution in [1.29, 1.82) is 0 Å². The van der Waals surface area contributed by atoms with Crippen LogP contribution in [0.4, 0.5) is 5.82 Å².